The van der Waals surface area contributed by atoms with E-state index in [2.05, 4.69) is 84.1 Å². The van der Waals surface area contributed by atoms with Crippen molar-refractivity contribution in [1.82, 2.24) is 9.66 Å². The molecule has 1 aromatic heterocycles. The Labute approximate surface area is 229 Å². The first kappa shape index (κ1) is 25.8. The van der Waals surface area contributed by atoms with Crippen LogP contribution < -0.4 is 10.3 Å². The molecule has 35 heavy (non-hydrogen) atoms. The van der Waals surface area contributed by atoms with E-state index in [1.54, 1.807) is 12.3 Å². The molecule has 4 rings (SSSR count). The summed E-state index contributed by atoms with van der Waals surface area (Å²) in [5.74, 6) is 1.29. The maximum Gasteiger partial charge on any atom is 0.282 e. The summed E-state index contributed by atoms with van der Waals surface area (Å²) in [7, 11) is 0. The first-order chi connectivity index (χ1) is 16.5. The summed E-state index contributed by atoms with van der Waals surface area (Å²) in [6.45, 7) is 8.55. The van der Waals surface area contributed by atoms with Gasteiger partial charge in [-0.2, -0.15) is 9.78 Å². The zero-order chi connectivity index (χ0) is 25.3. The summed E-state index contributed by atoms with van der Waals surface area (Å²) >= 11 is 10.7. The van der Waals surface area contributed by atoms with Crippen molar-refractivity contribution in [3.05, 3.63) is 101 Å². The number of benzene rings is 3. The molecule has 0 amide bonds. The molecule has 4 aromatic rings. The van der Waals surface area contributed by atoms with Crippen molar-refractivity contribution >= 4 is 64.9 Å². The third-order valence-corrected chi connectivity index (χ3v) is 7.00. The van der Waals surface area contributed by atoms with Crippen LogP contribution in [0.25, 0.3) is 10.9 Å². The Morgan fingerprint density at radius 3 is 2.29 bits per heavy atom. The Kier molecular flexibility index (Phi) is 7.64. The average Bonchev–Trinajstić information content (AvgIpc) is 2.78. The molecule has 0 unspecified atom stereocenters. The zero-order valence-corrected chi connectivity index (χ0v) is 24.5. The van der Waals surface area contributed by atoms with Crippen LogP contribution in [0.15, 0.2) is 77.9 Å². The van der Waals surface area contributed by atoms with Crippen molar-refractivity contribution < 1.29 is 4.74 Å². The van der Waals surface area contributed by atoms with Gasteiger partial charge in [0.2, 0.25) is 0 Å². The lowest BCUT2D eigenvalue weighted by molar-refractivity contribution is 0.302. The topological polar surface area (TPSA) is 56.5 Å². The molecule has 0 aliphatic heterocycles. The number of aromatic nitrogens is 2. The summed E-state index contributed by atoms with van der Waals surface area (Å²) in [4.78, 5) is 18.1. The lowest BCUT2D eigenvalue weighted by Crippen LogP contribution is -2.29. The van der Waals surface area contributed by atoms with Crippen molar-refractivity contribution in [2.45, 2.75) is 39.7 Å². The summed E-state index contributed by atoms with van der Waals surface area (Å²) < 4.78 is 9.81. The number of nitrogens with zero attached hydrogens (tertiary/aromatic N) is 3. The number of ether oxygens (including phenoxy) is 1. The first-order valence-corrected chi connectivity index (χ1v) is 13.4. The summed E-state index contributed by atoms with van der Waals surface area (Å²) in [5.41, 5.74) is 3.15. The highest BCUT2D eigenvalue weighted by molar-refractivity contribution is 9.11. The fraction of sp³-hybridized carbons (Fsp3) is 0.222. The van der Waals surface area contributed by atoms with Crippen LogP contribution in [-0.2, 0) is 12.0 Å². The van der Waals surface area contributed by atoms with E-state index in [1.165, 1.54) is 10.2 Å². The van der Waals surface area contributed by atoms with Gasteiger partial charge in [-0.3, -0.25) is 4.79 Å². The first-order valence-electron chi connectivity index (χ1n) is 11.0. The smallest absolute Gasteiger partial charge is 0.282 e. The molecule has 1 heterocycles. The van der Waals surface area contributed by atoms with Crippen LogP contribution in [0.4, 0.5) is 0 Å². The molecule has 0 bridgehead atoms. The lowest BCUT2D eigenvalue weighted by Gasteiger charge is -2.21. The van der Waals surface area contributed by atoms with Gasteiger partial charge < -0.3 is 4.74 Å². The molecular weight excluding hydrogens is 638 g/mol. The van der Waals surface area contributed by atoms with E-state index in [-0.39, 0.29) is 11.0 Å². The third kappa shape index (κ3) is 5.93. The molecule has 0 radical (unpaired) electrons. The van der Waals surface area contributed by atoms with Crippen LogP contribution in [0.2, 0.25) is 0 Å². The molecule has 0 fully saturated rings. The second-order valence-corrected chi connectivity index (χ2v) is 11.9. The van der Waals surface area contributed by atoms with Crippen molar-refractivity contribution in [2.75, 3.05) is 0 Å². The molecule has 0 saturated carbocycles. The normalized spacial score (nSPS) is 12.0. The van der Waals surface area contributed by atoms with E-state index in [9.17, 15) is 4.79 Å². The molecule has 0 spiro atoms. The van der Waals surface area contributed by atoms with Crippen LogP contribution in [0.5, 0.6) is 5.75 Å². The Hall–Kier alpha value is -2.29. The SMILES string of the molecule is Cc1ccc(COc2c(Br)cc(C=Nn3c(C(C)(C)C)nc4ccc(Br)cc4c3=O)cc2Br)cc1. The third-order valence-electron chi connectivity index (χ3n) is 5.33. The van der Waals surface area contributed by atoms with Gasteiger partial charge in [-0.15, -0.1) is 0 Å². The van der Waals surface area contributed by atoms with Gasteiger partial charge in [0.25, 0.3) is 5.56 Å². The number of hydrogen-bond donors (Lipinski definition) is 0. The van der Waals surface area contributed by atoms with E-state index in [4.69, 9.17) is 9.72 Å². The second kappa shape index (κ2) is 10.4. The van der Waals surface area contributed by atoms with Crippen molar-refractivity contribution in [2.24, 2.45) is 5.10 Å². The minimum Gasteiger partial charge on any atom is -0.487 e. The standard InChI is InChI=1S/C27H24Br3N3O2/c1-16-5-7-17(8-6-16)15-35-24-21(29)11-18(12-22(24)30)14-31-33-25(34)20-13-19(28)9-10-23(20)32-26(33)27(2,3)4/h5-14H,15H2,1-4H3. The van der Waals surface area contributed by atoms with Crippen molar-refractivity contribution in [3.8, 4) is 5.75 Å². The van der Waals surface area contributed by atoms with E-state index >= 15 is 0 Å². The highest BCUT2D eigenvalue weighted by Crippen LogP contribution is 2.35. The van der Waals surface area contributed by atoms with E-state index in [0.717, 1.165) is 24.5 Å². The predicted octanol–water partition coefficient (Wildman–Crippen LogP) is 7.75. The van der Waals surface area contributed by atoms with Crippen LogP contribution >= 0.6 is 47.8 Å². The molecule has 0 saturated heterocycles. The Morgan fingerprint density at radius 1 is 1.00 bits per heavy atom. The molecule has 180 valence electrons. The average molecular weight is 662 g/mol. The maximum atomic E-state index is 13.3. The van der Waals surface area contributed by atoms with Gasteiger partial charge in [-0.1, -0.05) is 66.5 Å². The van der Waals surface area contributed by atoms with Gasteiger partial charge in [-0.05, 0) is 80.2 Å². The monoisotopic (exact) mass is 659 g/mol. The van der Waals surface area contributed by atoms with E-state index in [1.807, 2.05) is 45.0 Å². The molecule has 5 nitrogen and oxygen atoms in total. The minimum absolute atomic E-state index is 0.214. The summed E-state index contributed by atoms with van der Waals surface area (Å²) in [6, 6.07) is 17.6. The van der Waals surface area contributed by atoms with Gasteiger partial charge in [0.05, 0.1) is 26.1 Å². The van der Waals surface area contributed by atoms with Gasteiger partial charge >= 0.3 is 0 Å². The maximum absolute atomic E-state index is 13.3. The number of fused-ring (bicyclic) bond motifs is 1. The van der Waals surface area contributed by atoms with E-state index < -0.39 is 0 Å². The predicted molar refractivity (Wildman–Crippen MR) is 153 cm³/mol. The quantitative estimate of drug-likeness (QED) is 0.206. The van der Waals surface area contributed by atoms with Gasteiger partial charge in [0, 0.05) is 9.89 Å². The van der Waals surface area contributed by atoms with Crippen LogP contribution in [0.1, 0.15) is 43.3 Å². The van der Waals surface area contributed by atoms with Crippen molar-refractivity contribution in [1.29, 1.82) is 0 Å². The molecule has 0 aliphatic carbocycles. The molecular formula is C27H24Br3N3O2. The highest BCUT2D eigenvalue weighted by atomic mass is 79.9. The molecule has 0 aliphatic rings. The number of hydrogen-bond acceptors (Lipinski definition) is 4. The number of rotatable bonds is 5. The van der Waals surface area contributed by atoms with Gasteiger partial charge in [0.15, 0.2) is 0 Å². The van der Waals surface area contributed by atoms with Gasteiger partial charge in [0.1, 0.15) is 18.2 Å². The highest BCUT2D eigenvalue weighted by Gasteiger charge is 2.23. The Morgan fingerprint density at radius 2 is 1.66 bits per heavy atom. The minimum atomic E-state index is -0.382. The molecule has 8 heteroatoms. The van der Waals surface area contributed by atoms with Crippen LogP contribution in [0, 0.1) is 6.92 Å². The van der Waals surface area contributed by atoms with Crippen molar-refractivity contribution in [3.63, 3.8) is 0 Å². The van der Waals surface area contributed by atoms with Crippen LogP contribution in [0.3, 0.4) is 0 Å². The fourth-order valence-electron chi connectivity index (χ4n) is 3.50. The lowest BCUT2D eigenvalue weighted by atomic mass is 9.95. The van der Waals surface area contributed by atoms with Crippen LogP contribution in [-0.4, -0.2) is 15.9 Å². The van der Waals surface area contributed by atoms with E-state index in [0.29, 0.717) is 29.1 Å². The van der Waals surface area contributed by atoms with Gasteiger partial charge in [-0.25, -0.2) is 4.98 Å². The summed E-state index contributed by atoms with van der Waals surface area (Å²) in [5, 5.41) is 5.06. The number of halogens is 3. The largest absolute Gasteiger partial charge is 0.487 e. The Bertz CT molecular complexity index is 1460. The fourth-order valence-corrected chi connectivity index (χ4v) is 5.31. The molecule has 0 atom stereocenters. The summed E-state index contributed by atoms with van der Waals surface area (Å²) in [6.07, 6.45) is 1.65. The molecule has 3 aromatic carbocycles. The number of aryl methyl sites for hydroxylation is 1. The molecule has 0 N–H and O–H groups in total. The Balaban J connectivity index is 1.68. The zero-order valence-electron chi connectivity index (χ0n) is 19.8. The second-order valence-electron chi connectivity index (χ2n) is 9.30.